The molecule has 0 aliphatic rings. The van der Waals surface area contributed by atoms with Crippen LogP contribution < -0.4 is 0 Å². The van der Waals surface area contributed by atoms with Crippen LogP contribution >= 0.6 is 0 Å². The second-order valence-electron chi connectivity index (χ2n) is 6.93. The molecule has 0 spiro atoms. The number of ether oxygens (including phenoxy) is 2. The Morgan fingerprint density at radius 3 is 1.89 bits per heavy atom. The molecule has 0 aromatic rings. The molecule has 0 aliphatic carbocycles. The van der Waals surface area contributed by atoms with Gasteiger partial charge < -0.3 is 9.47 Å². The molecule has 0 N–H and O–H groups in total. The van der Waals surface area contributed by atoms with Gasteiger partial charge in [0, 0.05) is 0 Å². The predicted octanol–water partition coefficient (Wildman–Crippen LogP) is 3.15. The van der Waals surface area contributed by atoms with Crippen LogP contribution in [0.3, 0.4) is 0 Å². The predicted molar refractivity (Wildman–Crippen MR) is 69.7 cm³/mol. The average Bonchev–Trinajstić information content (AvgIpc) is 2.12. The fourth-order valence-corrected chi connectivity index (χ4v) is 1.50. The molecular formula is C14H26O4. The molecular weight excluding hydrogens is 232 g/mol. The summed E-state index contributed by atoms with van der Waals surface area (Å²) in [5.41, 5.74) is -0.510. The number of hydrogen-bond donors (Lipinski definition) is 0. The summed E-state index contributed by atoms with van der Waals surface area (Å²) in [7, 11) is 0. The van der Waals surface area contributed by atoms with Crippen LogP contribution in [-0.4, -0.2) is 18.7 Å². The lowest BCUT2D eigenvalue weighted by molar-refractivity contribution is -0.175. The van der Waals surface area contributed by atoms with Gasteiger partial charge in [0.05, 0.1) is 11.3 Å². The Balaban J connectivity index is 4.02. The molecule has 0 heterocycles. The molecule has 106 valence electrons. The van der Waals surface area contributed by atoms with E-state index < -0.39 is 5.41 Å². The topological polar surface area (TPSA) is 52.6 Å². The Morgan fingerprint density at radius 2 is 1.50 bits per heavy atom. The molecule has 1 atom stereocenters. The van der Waals surface area contributed by atoms with Crippen molar-refractivity contribution in [3.8, 4) is 0 Å². The molecule has 4 heteroatoms. The minimum absolute atomic E-state index is 0.0700. The first-order chi connectivity index (χ1) is 7.93. The Morgan fingerprint density at radius 1 is 1.00 bits per heavy atom. The van der Waals surface area contributed by atoms with Gasteiger partial charge in [-0.3, -0.25) is 9.59 Å². The van der Waals surface area contributed by atoms with Crippen LogP contribution in [0.2, 0.25) is 0 Å². The Labute approximate surface area is 110 Å². The van der Waals surface area contributed by atoms with Gasteiger partial charge in [0.2, 0.25) is 6.79 Å². The highest BCUT2D eigenvalue weighted by Gasteiger charge is 2.25. The normalized spacial score (nSPS) is 13.9. The smallest absolute Gasteiger partial charge is 0.314 e. The lowest BCUT2D eigenvalue weighted by atomic mass is 9.85. The average molecular weight is 258 g/mol. The molecule has 18 heavy (non-hydrogen) atoms. The Hall–Kier alpha value is -1.06. The molecule has 1 unspecified atom stereocenters. The molecule has 4 nitrogen and oxygen atoms in total. The van der Waals surface area contributed by atoms with Gasteiger partial charge >= 0.3 is 11.9 Å². The van der Waals surface area contributed by atoms with Crippen LogP contribution in [0.4, 0.5) is 0 Å². The standard InChI is InChI=1S/C14H26O4/c1-10(8-13(2,3)4)11(15)17-9-18-12(16)14(5,6)7/h10H,8-9H2,1-7H3. The quantitative estimate of drug-likeness (QED) is 0.574. The van der Waals surface area contributed by atoms with Crippen LogP contribution in [0.15, 0.2) is 0 Å². The Kier molecular flexibility index (Phi) is 5.84. The largest absolute Gasteiger partial charge is 0.428 e. The fourth-order valence-electron chi connectivity index (χ4n) is 1.50. The van der Waals surface area contributed by atoms with E-state index in [2.05, 4.69) is 20.8 Å². The summed E-state index contributed by atoms with van der Waals surface area (Å²) in [4.78, 5) is 23.1. The zero-order chi connectivity index (χ0) is 14.6. The highest BCUT2D eigenvalue weighted by molar-refractivity contribution is 5.75. The first-order valence-electron chi connectivity index (χ1n) is 6.27. The van der Waals surface area contributed by atoms with E-state index in [-0.39, 0.29) is 30.1 Å². The third kappa shape index (κ3) is 7.30. The zero-order valence-electron chi connectivity index (χ0n) is 12.6. The van der Waals surface area contributed by atoms with Crippen molar-refractivity contribution in [3.63, 3.8) is 0 Å². The van der Waals surface area contributed by atoms with Crippen molar-refractivity contribution in [2.24, 2.45) is 16.7 Å². The molecule has 0 bridgehead atoms. The van der Waals surface area contributed by atoms with Gasteiger partial charge in [0.15, 0.2) is 0 Å². The molecule has 0 aromatic heterocycles. The van der Waals surface area contributed by atoms with Gasteiger partial charge in [-0.25, -0.2) is 0 Å². The first kappa shape index (κ1) is 16.9. The molecule has 0 aromatic carbocycles. The number of esters is 2. The van der Waals surface area contributed by atoms with Gasteiger partial charge in [0.1, 0.15) is 0 Å². The van der Waals surface area contributed by atoms with E-state index >= 15 is 0 Å². The lowest BCUT2D eigenvalue weighted by Gasteiger charge is -2.22. The molecule has 0 radical (unpaired) electrons. The van der Waals surface area contributed by atoms with Crippen LogP contribution in [0, 0.1) is 16.7 Å². The summed E-state index contributed by atoms with van der Waals surface area (Å²) in [6.07, 6.45) is 0.735. The second-order valence-corrected chi connectivity index (χ2v) is 6.93. The van der Waals surface area contributed by atoms with Crippen molar-refractivity contribution in [2.45, 2.75) is 54.9 Å². The first-order valence-corrected chi connectivity index (χ1v) is 6.27. The summed E-state index contributed by atoms with van der Waals surface area (Å²) in [5.74, 6) is -0.899. The van der Waals surface area contributed by atoms with Gasteiger partial charge in [-0.15, -0.1) is 0 Å². The minimum Gasteiger partial charge on any atom is -0.428 e. The van der Waals surface area contributed by atoms with Crippen molar-refractivity contribution < 1.29 is 19.1 Å². The fraction of sp³-hybridized carbons (Fsp3) is 0.857. The van der Waals surface area contributed by atoms with Crippen LogP contribution in [0.5, 0.6) is 0 Å². The van der Waals surface area contributed by atoms with Crippen LogP contribution in [-0.2, 0) is 19.1 Å². The summed E-state index contributed by atoms with van der Waals surface area (Å²) in [6, 6.07) is 0. The maximum absolute atomic E-state index is 11.6. The van der Waals surface area contributed by atoms with E-state index in [9.17, 15) is 9.59 Å². The van der Waals surface area contributed by atoms with Crippen LogP contribution in [0.25, 0.3) is 0 Å². The molecule has 0 saturated heterocycles. The van der Waals surface area contributed by atoms with E-state index in [1.807, 2.05) is 6.92 Å². The summed E-state index contributed by atoms with van der Waals surface area (Å²) < 4.78 is 9.81. The third-order valence-corrected chi connectivity index (χ3v) is 2.32. The number of rotatable bonds is 4. The molecule has 0 rings (SSSR count). The van der Waals surface area contributed by atoms with Crippen molar-refractivity contribution >= 4 is 11.9 Å². The number of carbonyl (C=O) groups is 2. The highest BCUT2D eigenvalue weighted by Crippen LogP contribution is 2.24. The highest BCUT2D eigenvalue weighted by atomic mass is 16.7. The molecule has 0 fully saturated rings. The van der Waals surface area contributed by atoms with Gasteiger partial charge in [-0.1, -0.05) is 27.7 Å². The van der Waals surface area contributed by atoms with Crippen molar-refractivity contribution in [3.05, 3.63) is 0 Å². The second kappa shape index (κ2) is 6.21. The van der Waals surface area contributed by atoms with Crippen molar-refractivity contribution in [1.29, 1.82) is 0 Å². The van der Waals surface area contributed by atoms with Gasteiger partial charge in [0.25, 0.3) is 0 Å². The Bertz CT molecular complexity index is 294. The molecule has 0 amide bonds. The summed E-state index contributed by atoms with van der Waals surface area (Å²) >= 11 is 0. The monoisotopic (exact) mass is 258 g/mol. The van der Waals surface area contributed by atoms with Gasteiger partial charge in [-0.2, -0.15) is 0 Å². The minimum atomic E-state index is -0.580. The number of carbonyl (C=O) groups excluding carboxylic acids is 2. The third-order valence-electron chi connectivity index (χ3n) is 2.32. The maximum atomic E-state index is 11.6. The molecule has 0 saturated carbocycles. The zero-order valence-corrected chi connectivity index (χ0v) is 12.6. The number of hydrogen-bond acceptors (Lipinski definition) is 4. The van der Waals surface area contributed by atoms with E-state index in [0.717, 1.165) is 6.42 Å². The van der Waals surface area contributed by atoms with E-state index in [4.69, 9.17) is 9.47 Å². The lowest BCUT2D eigenvalue weighted by Crippen LogP contribution is -2.26. The van der Waals surface area contributed by atoms with Crippen molar-refractivity contribution in [2.75, 3.05) is 6.79 Å². The molecule has 0 aliphatic heterocycles. The van der Waals surface area contributed by atoms with Crippen molar-refractivity contribution in [1.82, 2.24) is 0 Å². The van der Waals surface area contributed by atoms with E-state index in [1.165, 1.54) is 0 Å². The van der Waals surface area contributed by atoms with E-state index in [0.29, 0.717) is 0 Å². The SMILES string of the molecule is CC(CC(C)(C)C)C(=O)OCOC(=O)C(C)(C)C. The van der Waals surface area contributed by atoms with E-state index in [1.54, 1.807) is 20.8 Å². The maximum Gasteiger partial charge on any atom is 0.314 e. The van der Waals surface area contributed by atoms with Gasteiger partial charge in [-0.05, 0) is 32.6 Å². The summed E-state index contributed by atoms with van der Waals surface area (Å²) in [5, 5.41) is 0. The van der Waals surface area contributed by atoms with Crippen LogP contribution in [0.1, 0.15) is 54.9 Å². The summed E-state index contributed by atoms with van der Waals surface area (Å²) in [6.45, 7) is 13.0.